The highest BCUT2D eigenvalue weighted by molar-refractivity contribution is 6.33. The Bertz CT molecular complexity index is 3880. The number of ketones is 2. The van der Waals surface area contributed by atoms with E-state index in [0.717, 1.165) is 18.6 Å². The third-order valence-electron chi connectivity index (χ3n) is 20.8. The zero-order valence-corrected chi connectivity index (χ0v) is 59.9. The van der Waals surface area contributed by atoms with Gasteiger partial charge in [0, 0.05) is 89.4 Å². The molecule has 4 aromatic carbocycles. The van der Waals surface area contributed by atoms with Gasteiger partial charge in [0.1, 0.15) is 52.8 Å². The fourth-order valence-electron chi connectivity index (χ4n) is 15.4. The van der Waals surface area contributed by atoms with Crippen LogP contribution in [0.15, 0.2) is 114 Å². The zero-order chi connectivity index (χ0) is 74.6. The molecular formula is C77H97N5O20. The van der Waals surface area contributed by atoms with E-state index in [1.807, 2.05) is 26.0 Å². The van der Waals surface area contributed by atoms with Gasteiger partial charge in [-0.1, -0.05) is 107 Å². The molecule has 0 unspecified atom stereocenters. The van der Waals surface area contributed by atoms with Crippen LogP contribution in [0.1, 0.15) is 176 Å². The maximum atomic E-state index is 15.4. The van der Waals surface area contributed by atoms with Crippen LogP contribution in [0.3, 0.4) is 0 Å². The van der Waals surface area contributed by atoms with E-state index in [1.54, 1.807) is 93.3 Å². The molecule has 4 fully saturated rings. The van der Waals surface area contributed by atoms with Crippen LogP contribution in [0.5, 0.6) is 11.5 Å². The number of rotatable bonds is 24. The van der Waals surface area contributed by atoms with Crippen molar-refractivity contribution in [3.8, 4) is 11.5 Å². The topological polar surface area (TPSA) is 367 Å². The predicted octanol–water partition coefficient (Wildman–Crippen LogP) is 7.37. The van der Waals surface area contributed by atoms with Crippen LogP contribution in [-0.2, 0) is 63.7 Å². The number of carbonyl (C=O) groups is 9. The van der Waals surface area contributed by atoms with Gasteiger partial charge in [-0.3, -0.25) is 33.7 Å². The van der Waals surface area contributed by atoms with E-state index in [4.69, 9.17) is 34.2 Å². The van der Waals surface area contributed by atoms with Gasteiger partial charge in [-0.05, 0) is 112 Å². The van der Waals surface area contributed by atoms with Crippen LogP contribution < -0.4 is 16.4 Å². The van der Waals surface area contributed by atoms with E-state index in [0.29, 0.717) is 68.7 Å². The Balaban J connectivity index is 0.877. The van der Waals surface area contributed by atoms with E-state index in [2.05, 4.69) is 15.5 Å². The number of alkyl carbamates (subject to hydrolysis) is 1. The number of likely N-dealkylation sites (N-methyl/N-ethyl adjacent to an activating group) is 1. The lowest BCUT2D eigenvalue weighted by molar-refractivity contribution is -0.346. The fraction of sp³-hybridized carbons (Fsp3) is 0.519. The summed E-state index contributed by atoms with van der Waals surface area (Å²) in [5.41, 5.74) is -1.26. The number of hydrogen-bond acceptors (Lipinski definition) is 22. The molecule has 9 N–H and O–H groups in total. The highest BCUT2D eigenvalue weighted by Crippen LogP contribution is 2.64. The number of piperazine rings is 1. The molecule has 102 heavy (non-hydrogen) atoms. The summed E-state index contributed by atoms with van der Waals surface area (Å²) >= 11 is 0. The number of fused-ring (bicyclic) bond motifs is 5. The Kier molecular flexibility index (Phi) is 23.7. The second-order valence-corrected chi connectivity index (χ2v) is 29.4. The average Bonchev–Trinajstić information content (AvgIpc) is 0.669. The van der Waals surface area contributed by atoms with E-state index >= 15 is 9.59 Å². The molecule has 2 aliphatic heterocycles. The maximum absolute atomic E-state index is 15.4. The standard InChI is InChI=1S/C77H97N5O20/c1-12-79-69(92)62(78)60(63(89)52-36-50(43(2)3)53(84)38-54(52)85)48-29-27-46(28-30-48)41-81-32-34-82(35-33-81)58(87)26-20-15-21-31-80-72(95)99-65(51(47-22-16-13-17-23-47)37-59(88)102-73(6,7)8)71(94)98-55-40-77(96)68(100-70(93)49-24-18-14-19-25-49)66-75(11,67(91)64(90)61(44(55)4)74(77,9)10)56(86)39-57-76(66,42-97-57)101-45(5)83/h13-14,16-19,22-25,27-30,36,38,43,51,55-57,64-66,68,84-86,90,96H,12,15,20-21,26,31-35,37,39-42,78H2,1-11H3,(H,79,92)(H,80,95)/t51-,55-,56-,57+,64+,65+,66-,68-,75+,76-,77+/m0/s1. The summed E-state index contributed by atoms with van der Waals surface area (Å²) in [6.07, 6.45) is -11.0. The number of unbranched alkanes of at least 4 members (excludes halogenated alkanes) is 2. The first-order chi connectivity index (χ1) is 48.1. The van der Waals surface area contributed by atoms with Crippen LogP contribution in [-0.4, -0.2) is 188 Å². The number of aliphatic hydroxyl groups is 3. The SMILES string of the molecule is CCNC(=O)C(N)=C(C(=O)c1cc(C(C)C)c(O)cc1O)c1ccc(CN2CCN(C(=O)CCCCCNC(=O)O[C@@H](C(=O)O[C@H]3C[C@@]4(O)[C@@H](OC(=O)c5ccccc5)[C@@H]5[C@]6(OC(C)=O)CO[C@@H]6C[C@H](O)[C@@]5(C)C(=O)[C@H](O)C(=C3C)C4(C)C)[C@@H](CC(=O)OC(C)(C)C)c3ccccc3)CC2)cc1. The summed E-state index contributed by atoms with van der Waals surface area (Å²) in [4.78, 5) is 131. The number of aromatic hydroxyl groups is 2. The molecule has 550 valence electrons. The molecule has 11 atom stereocenters. The molecule has 4 aromatic rings. The van der Waals surface area contributed by atoms with Gasteiger partial charge in [0.2, 0.25) is 12.0 Å². The van der Waals surface area contributed by atoms with Crippen LogP contribution in [0.25, 0.3) is 5.57 Å². The van der Waals surface area contributed by atoms with Gasteiger partial charge in [-0.15, -0.1) is 0 Å². The number of nitrogens with zero attached hydrogens (tertiary/aromatic N) is 2. The molecule has 25 heteroatoms. The lowest BCUT2D eigenvalue weighted by atomic mass is 9.44. The van der Waals surface area contributed by atoms with Gasteiger partial charge in [0.25, 0.3) is 5.91 Å². The molecule has 2 heterocycles. The van der Waals surface area contributed by atoms with E-state index in [9.17, 15) is 59.1 Å². The molecule has 2 bridgehead atoms. The number of esters is 4. The molecule has 3 amide bonds. The molecule has 2 saturated heterocycles. The molecule has 5 aliphatic rings. The van der Waals surface area contributed by atoms with Gasteiger partial charge < -0.3 is 75.2 Å². The number of hydrogen-bond donors (Lipinski definition) is 8. The molecular weight excluding hydrogens is 1310 g/mol. The molecule has 9 rings (SSSR count). The molecule has 0 radical (unpaired) electrons. The summed E-state index contributed by atoms with van der Waals surface area (Å²) in [6, 6.07) is 25.6. The van der Waals surface area contributed by atoms with Gasteiger partial charge in [-0.25, -0.2) is 14.4 Å². The van der Waals surface area contributed by atoms with Crippen LogP contribution >= 0.6 is 0 Å². The van der Waals surface area contributed by atoms with Crippen molar-refractivity contribution >= 4 is 58.9 Å². The molecule has 0 spiro atoms. The Hall–Kier alpha value is -9.01. The molecule has 3 aliphatic carbocycles. The van der Waals surface area contributed by atoms with Crippen molar-refractivity contribution in [3.63, 3.8) is 0 Å². The predicted molar refractivity (Wildman–Crippen MR) is 372 cm³/mol. The number of phenolic OH excluding ortho intramolecular Hbond substituents is 2. The summed E-state index contributed by atoms with van der Waals surface area (Å²) < 4.78 is 36.7. The lowest BCUT2D eigenvalue weighted by Crippen LogP contribution is -2.81. The number of benzene rings is 4. The summed E-state index contributed by atoms with van der Waals surface area (Å²) in [6.45, 7) is 20.0. The number of amides is 3. The first-order valence-corrected chi connectivity index (χ1v) is 34.9. The minimum Gasteiger partial charge on any atom is -0.508 e. The monoisotopic (exact) mass is 1410 g/mol. The van der Waals surface area contributed by atoms with Gasteiger partial charge >= 0.3 is 30.0 Å². The third-order valence-corrected chi connectivity index (χ3v) is 20.8. The van der Waals surface area contributed by atoms with E-state index in [1.165, 1.54) is 45.9 Å². The van der Waals surface area contributed by atoms with Gasteiger partial charge in [0.15, 0.2) is 17.2 Å². The number of carbonyl (C=O) groups excluding carboxylic acids is 9. The van der Waals surface area contributed by atoms with Crippen molar-refractivity contribution in [2.75, 3.05) is 45.9 Å². The number of aliphatic hydroxyl groups excluding tert-OH is 2. The molecule has 25 nitrogen and oxygen atoms in total. The summed E-state index contributed by atoms with van der Waals surface area (Å²) in [5, 5.41) is 65.2. The van der Waals surface area contributed by atoms with Crippen molar-refractivity contribution in [2.24, 2.45) is 22.5 Å². The number of phenols is 2. The van der Waals surface area contributed by atoms with Crippen molar-refractivity contribution in [2.45, 2.75) is 193 Å². The Morgan fingerprint density at radius 2 is 1.46 bits per heavy atom. The first kappa shape index (κ1) is 77.2. The summed E-state index contributed by atoms with van der Waals surface area (Å²) in [7, 11) is 0. The second-order valence-electron chi connectivity index (χ2n) is 29.4. The maximum Gasteiger partial charge on any atom is 0.408 e. The van der Waals surface area contributed by atoms with Gasteiger partial charge in [0.05, 0.1) is 47.2 Å². The van der Waals surface area contributed by atoms with Crippen molar-refractivity contribution < 1.29 is 97.1 Å². The quantitative estimate of drug-likeness (QED) is 0.00847. The zero-order valence-electron chi connectivity index (χ0n) is 59.9. The highest BCUT2D eigenvalue weighted by atomic mass is 16.6. The van der Waals surface area contributed by atoms with Crippen LogP contribution in [0.2, 0.25) is 0 Å². The third kappa shape index (κ3) is 15.9. The Labute approximate surface area is 594 Å². The number of nitrogens with two attached hydrogens (primary N) is 1. The lowest BCUT2D eigenvalue weighted by Gasteiger charge is -2.67. The number of nitrogens with one attached hydrogen (secondary N) is 2. The van der Waals surface area contributed by atoms with Crippen molar-refractivity contribution in [1.82, 2.24) is 20.4 Å². The number of Topliss-reactive ketones (excluding diaryl/α,β-unsaturated/α-hetero) is 2. The van der Waals surface area contributed by atoms with Gasteiger partial charge in [-0.2, -0.15) is 0 Å². The highest BCUT2D eigenvalue weighted by Gasteiger charge is 2.78. The average molecular weight is 1410 g/mol. The number of ether oxygens (including phenoxy) is 6. The first-order valence-electron chi connectivity index (χ1n) is 34.9. The minimum atomic E-state index is -2.47. The minimum absolute atomic E-state index is 0.0353. The smallest absolute Gasteiger partial charge is 0.408 e. The van der Waals surface area contributed by atoms with Crippen molar-refractivity contribution in [1.29, 1.82) is 0 Å². The second kappa shape index (κ2) is 31.3. The molecule has 0 aromatic heterocycles. The van der Waals surface area contributed by atoms with E-state index in [-0.39, 0.29) is 83.7 Å². The van der Waals surface area contributed by atoms with Crippen LogP contribution in [0.4, 0.5) is 4.79 Å². The van der Waals surface area contributed by atoms with E-state index < -0.39 is 142 Å². The van der Waals surface area contributed by atoms with Crippen LogP contribution in [0, 0.1) is 16.7 Å². The summed E-state index contributed by atoms with van der Waals surface area (Å²) in [5.74, 6) is -9.80. The van der Waals surface area contributed by atoms with Crippen molar-refractivity contribution in [3.05, 3.63) is 147 Å². The number of allylic oxidation sites excluding steroid dienone is 1. The Morgan fingerprint density at radius 3 is 2.06 bits per heavy atom. The fourth-order valence-corrected chi connectivity index (χ4v) is 15.4. The largest absolute Gasteiger partial charge is 0.508 e. The Morgan fingerprint density at radius 1 is 0.814 bits per heavy atom. The molecule has 2 saturated carbocycles. The normalized spacial score (nSPS) is 25.5.